The number of piperazine rings is 1. The van der Waals surface area contributed by atoms with E-state index in [0.717, 1.165) is 6.04 Å². The molecule has 1 fully saturated rings. The maximum absolute atomic E-state index is 3.55. The summed E-state index contributed by atoms with van der Waals surface area (Å²) in [7, 11) is 0. The normalized spacial score (nSPS) is 25.9. The Hall–Kier alpha value is -0.380. The van der Waals surface area contributed by atoms with Gasteiger partial charge in [0.05, 0.1) is 6.04 Å². The first-order valence-corrected chi connectivity index (χ1v) is 7.91. The molecule has 1 unspecified atom stereocenters. The molecule has 1 saturated heterocycles. The number of quaternary nitrogens is 2. The highest BCUT2D eigenvalue weighted by Crippen LogP contribution is 2.10. The third-order valence-electron chi connectivity index (χ3n) is 4.25. The summed E-state index contributed by atoms with van der Waals surface area (Å²) in [5.74, 6) is 0. The number of benzene rings is 1. The second-order valence-electron chi connectivity index (χ2n) is 5.52. The number of halogens is 1. The van der Waals surface area contributed by atoms with Gasteiger partial charge in [0.1, 0.15) is 32.7 Å². The van der Waals surface area contributed by atoms with E-state index in [1.165, 1.54) is 49.2 Å². The fourth-order valence-corrected chi connectivity index (χ4v) is 3.27. The molecule has 2 nitrogen and oxygen atoms in total. The fourth-order valence-electron chi connectivity index (χ4n) is 2.82. The molecule has 0 aliphatic carbocycles. The predicted molar refractivity (Wildman–Crippen MR) is 79.0 cm³/mol. The summed E-state index contributed by atoms with van der Waals surface area (Å²) in [6.07, 6.45) is 1.30. The Morgan fingerprint density at radius 1 is 1.22 bits per heavy atom. The molecule has 0 radical (unpaired) electrons. The molecule has 0 bridgehead atoms. The topological polar surface area (TPSA) is 8.88 Å². The first kappa shape index (κ1) is 14.0. The fraction of sp³-hybridized carbons (Fsp3) is 0.600. The smallest absolute Gasteiger partial charge is 0.127 e. The highest BCUT2D eigenvalue weighted by atomic mass is 79.9. The van der Waals surface area contributed by atoms with Crippen LogP contribution >= 0.6 is 15.9 Å². The van der Waals surface area contributed by atoms with Gasteiger partial charge in [-0.25, -0.2) is 0 Å². The van der Waals surface area contributed by atoms with Crippen LogP contribution in [0.2, 0.25) is 0 Å². The third-order valence-corrected chi connectivity index (χ3v) is 4.75. The van der Waals surface area contributed by atoms with Crippen LogP contribution in [0.25, 0.3) is 0 Å². The lowest BCUT2D eigenvalue weighted by Gasteiger charge is -2.33. The molecular weight excluding hydrogens is 288 g/mol. The summed E-state index contributed by atoms with van der Waals surface area (Å²) in [5, 5.41) is 0. The lowest BCUT2D eigenvalue weighted by Crippen LogP contribution is -3.29. The zero-order chi connectivity index (χ0) is 13.0. The van der Waals surface area contributed by atoms with E-state index < -0.39 is 0 Å². The molecule has 2 N–H and O–H groups in total. The third kappa shape index (κ3) is 3.81. The summed E-state index contributed by atoms with van der Waals surface area (Å²) in [4.78, 5) is 3.54. The second-order valence-corrected chi connectivity index (χ2v) is 6.44. The highest BCUT2D eigenvalue weighted by Gasteiger charge is 2.25. The number of hydrogen-bond acceptors (Lipinski definition) is 0. The van der Waals surface area contributed by atoms with Crippen LogP contribution in [0.4, 0.5) is 0 Å². The Balaban J connectivity index is 1.83. The molecule has 0 spiro atoms. The van der Waals surface area contributed by atoms with Crippen LogP contribution < -0.4 is 9.80 Å². The lowest BCUT2D eigenvalue weighted by atomic mass is 10.1. The summed E-state index contributed by atoms with van der Waals surface area (Å²) in [6.45, 7) is 11.1. The van der Waals surface area contributed by atoms with Gasteiger partial charge in [0.25, 0.3) is 0 Å². The summed E-state index contributed by atoms with van der Waals surface area (Å²) >= 11 is 3.55. The van der Waals surface area contributed by atoms with Crippen LogP contribution in [0, 0.1) is 0 Å². The van der Waals surface area contributed by atoms with Gasteiger partial charge in [0, 0.05) is 10.0 Å². The van der Waals surface area contributed by atoms with Gasteiger partial charge >= 0.3 is 0 Å². The monoisotopic (exact) mass is 312 g/mol. The highest BCUT2D eigenvalue weighted by molar-refractivity contribution is 9.10. The van der Waals surface area contributed by atoms with Crippen molar-refractivity contribution in [1.29, 1.82) is 0 Å². The molecular formula is C15H25BrN2+2. The Kier molecular flexibility index (Phi) is 5.22. The van der Waals surface area contributed by atoms with E-state index in [2.05, 4.69) is 54.0 Å². The zero-order valence-corrected chi connectivity index (χ0v) is 13.1. The van der Waals surface area contributed by atoms with Crippen molar-refractivity contribution in [3.8, 4) is 0 Å². The molecule has 1 aromatic rings. The lowest BCUT2D eigenvalue weighted by molar-refractivity contribution is -1.03. The summed E-state index contributed by atoms with van der Waals surface area (Å²) in [6, 6.07) is 9.56. The minimum Gasteiger partial charge on any atom is -0.323 e. The zero-order valence-electron chi connectivity index (χ0n) is 11.5. The first-order chi connectivity index (χ1) is 8.69. The van der Waals surface area contributed by atoms with Gasteiger partial charge in [-0.3, -0.25) is 0 Å². The molecule has 1 aliphatic rings. The van der Waals surface area contributed by atoms with Gasteiger partial charge in [-0.1, -0.05) is 35.0 Å². The van der Waals surface area contributed by atoms with Gasteiger partial charge in [-0.05, 0) is 25.5 Å². The van der Waals surface area contributed by atoms with Crippen molar-refractivity contribution in [3.05, 3.63) is 34.3 Å². The second kappa shape index (κ2) is 6.69. The first-order valence-electron chi connectivity index (χ1n) is 7.11. The molecule has 0 amide bonds. The van der Waals surface area contributed by atoms with Crippen LogP contribution in [0.1, 0.15) is 25.8 Å². The molecule has 0 aromatic heterocycles. The van der Waals surface area contributed by atoms with E-state index in [9.17, 15) is 0 Å². The molecule has 2 rings (SSSR count). The summed E-state index contributed by atoms with van der Waals surface area (Å²) < 4.78 is 1.20. The molecule has 1 heterocycles. The minimum absolute atomic E-state index is 0.831. The largest absolute Gasteiger partial charge is 0.323 e. The van der Waals surface area contributed by atoms with Gasteiger partial charge in [0.2, 0.25) is 0 Å². The van der Waals surface area contributed by atoms with Gasteiger partial charge in [-0.2, -0.15) is 0 Å². The molecule has 1 atom stereocenters. The van der Waals surface area contributed by atoms with Crippen molar-refractivity contribution in [1.82, 2.24) is 0 Å². The van der Waals surface area contributed by atoms with Crippen LogP contribution in [-0.4, -0.2) is 32.2 Å². The van der Waals surface area contributed by atoms with Crippen molar-refractivity contribution < 1.29 is 9.80 Å². The Morgan fingerprint density at radius 2 is 1.94 bits per heavy atom. The molecule has 3 heteroatoms. The molecule has 0 saturated carbocycles. The van der Waals surface area contributed by atoms with Crippen LogP contribution in [-0.2, 0) is 6.54 Å². The molecule has 18 heavy (non-hydrogen) atoms. The minimum atomic E-state index is 0.831. The van der Waals surface area contributed by atoms with E-state index in [-0.39, 0.29) is 0 Å². The Morgan fingerprint density at radius 3 is 2.56 bits per heavy atom. The van der Waals surface area contributed by atoms with Gasteiger partial charge in [0.15, 0.2) is 0 Å². The number of rotatable bonds is 4. The predicted octanol–water partition coefficient (Wildman–Crippen LogP) is 0.531. The Labute approximate surface area is 119 Å². The van der Waals surface area contributed by atoms with Crippen LogP contribution in [0.15, 0.2) is 28.7 Å². The standard InChI is InChI=1S/C15H23BrN2/c1-3-13(2)18-9-7-17(8-10-18)12-14-5-4-6-15(16)11-14/h4-6,11,13H,3,7-10,12H2,1-2H3/p+2. The molecule has 1 aliphatic heterocycles. The number of hydrogen-bond donors (Lipinski definition) is 2. The van der Waals surface area contributed by atoms with E-state index in [0.29, 0.717) is 0 Å². The summed E-state index contributed by atoms with van der Waals surface area (Å²) in [5.41, 5.74) is 1.45. The Bertz CT molecular complexity index is 373. The quantitative estimate of drug-likeness (QED) is 0.802. The van der Waals surface area contributed by atoms with Crippen LogP contribution in [0.3, 0.4) is 0 Å². The van der Waals surface area contributed by atoms with Crippen molar-refractivity contribution in [2.24, 2.45) is 0 Å². The average Bonchev–Trinajstić information content (AvgIpc) is 2.39. The maximum atomic E-state index is 3.55. The van der Waals surface area contributed by atoms with Crippen LogP contribution in [0.5, 0.6) is 0 Å². The van der Waals surface area contributed by atoms with Crippen molar-refractivity contribution in [3.63, 3.8) is 0 Å². The number of nitrogens with one attached hydrogen (secondary N) is 2. The maximum Gasteiger partial charge on any atom is 0.127 e. The average molecular weight is 313 g/mol. The van der Waals surface area contributed by atoms with E-state index >= 15 is 0 Å². The van der Waals surface area contributed by atoms with E-state index in [1.807, 2.05) is 0 Å². The van der Waals surface area contributed by atoms with Gasteiger partial charge < -0.3 is 9.80 Å². The SMILES string of the molecule is CCC(C)[NH+]1CC[NH+](Cc2cccc(Br)c2)CC1. The van der Waals surface area contributed by atoms with Crippen molar-refractivity contribution >= 4 is 15.9 Å². The van der Waals surface area contributed by atoms with Crippen molar-refractivity contribution in [2.45, 2.75) is 32.9 Å². The molecule has 100 valence electrons. The van der Waals surface area contributed by atoms with Crippen molar-refractivity contribution in [2.75, 3.05) is 26.2 Å². The van der Waals surface area contributed by atoms with E-state index in [1.54, 1.807) is 9.80 Å². The molecule has 1 aromatic carbocycles. The van der Waals surface area contributed by atoms with Gasteiger partial charge in [-0.15, -0.1) is 0 Å². The van der Waals surface area contributed by atoms with E-state index in [4.69, 9.17) is 0 Å².